The Morgan fingerprint density at radius 2 is 2.05 bits per heavy atom. The van der Waals surface area contributed by atoms with Crippen molar-refractivity contribution in [3.63, 3.8) is 0 Å². The Balaban J connectivity index is 2.04. The zero-order valence-electron chi connectivity index (χ0n) is 13.2. The molecule has 1 fully saturated rings. The summed E-state index contributed by atoms with van der Waals surface area (Å²) in [5, 5.41) is 6.17. The molecular formula is C17H29NS2. The van der Waals surface area contributed by atoms with E-state index >= 15 is 0 Å². The van der Waals surface area contributed by atoms with Gasteiger partial charge in [-0.15, -0.1) is 11.3 Å². The molecule has 0 saturated heterocycles. The van der Waals surface area contributed by atoms with Gasteiger partial charge in [-0.1, -0.05) is 32.8 Å². The summed E-state index contributed by atoms with van der Waals surface area (Å²) in [7, 11) is 0. The molecule has 3 heteroatoms. The number of thioether (sulfide) groups is 1. The molecule has 1 saturated carbocycles. The first-order valence-corrected chi connectivity index (χ1v) is 10.2. The fraction of sp³-hybridized carbons (Fsp3) is 0.765. The number of hydrogen-bond donors (Lipinski definition) is 1. The van der Waals surface area contributed by atoms with Crippen LogP contribution in [0.4, 0.5) is 0 Å². The maximum Gasteiger partial charge on any atom is 0.0443 e. The molecular weight excluding hydrogens is 282 g/mol. The summed E-state index contributed by atoms with van der Waals surface area (Å²) in [5.41, 5.74) is 0. The van der Waals surface area contributed by atoms with Crippen LogP contribution in [0.1, 0.15) is 63.3 Å². The lowest BCUT2D eigenvalue weighted by atomic mass is 9.95. The van der Waals surface area contributed by atoms with E-state index in [-0.39, 0.29) is 0 Å². The van der Waals surface area contributed by atoms with Crippen molar-refractivity contribution in [2.45, 2.75) is 63.2 Å². The second-order valence-corrected chi connectivity index (χ2v) is 8.27. The average Bonchev–Trinajstić information content (AvgIpc) is 3.18. The van der Waals surface area contributed by atoms with Crippen molar-refractivity contribution in [1.82, 2.24) is 5.32 Å². The largest absolute Gasteiger partial charge is 0.308 e. The molecule has 0 spiro atoms. The molecule has 1 heterocycles. The highest BCUT2D eigenvalue weighted by atomic mass is 32.2. The maximum atomic E-state index is 3.95. The van der Waals surface area contributed by atoms with Crippen LogP contribution in [0.5, 0.6) is 0 Å². The Bertz CT molecular complexity index is 356. The van der Waals surface area contributed by atoms with Crippen LogP contribution in [0.15, 0.2) is 17.5 Å². The molecule has 1 N–H and O–H groups in total. The van der Waals surface area contributed by atoms with Gasteiger partial charge in [-0.3, -0.25) is 0 Å². The number of thiophene rings is 1. The number of nitrogens with one attached hydrogen (secondary N) is 1. The van der Waals surface area contributed by atoms with Crippen LogP contribution in [0.25, 0.3) is 0 Å². The van der Waals surface area contributed by atoms with Gasteiger partial charge in [-0.25, -0.2) is 0 Å². The van der Waals surface area contributed by atoms with Crippen LogP contribution in [0, 0.1) is 5.92 Å². The maximum absolute atomic E-state index is 3.95. The summed E-state index contributed by atoms with van der Waals surface area (Å²) in [6, 6.07) is 5.10. The second-order valence-electron chi connectivity index (χ2n) is 6.01. The smallest absolute Gasteiger partial charge is 0.0443 e. The van der Waals surface area contributed by atoms with Crippen molar-refractivity contribution >= 4 is 23.1 Å². The van der Waals surface area contributed by atoms with Crippen molar-refractivity contribution < 1.29 is 0 Å². The summed E-state index contributed by atoms with van der Waals surface area (Å²) in [6.07, 6.45) is 10.4. The van der Waals surface area contributed by atoms with E-state index < -0.39 is 0 Å². The fourth-order valence-electron chi connectivity index (χ4n) is 3.42. The second kappa shape index (κ2) is 7.86. The van der Waals surface area contributed by atoms with Crippen LogP contribution < -0.4 is 5.32 Å². The SMILES string of the molecule is CCC(CC)(CNC(c1cccs1)C1CCCC1)SC. The zero-order valence-corrected chi connectivity index (χ0v) is 14.8. The normalized spacial score (nSPS) is 18.6. The van der Waals surface area contributed by atoms with E-state index in [4.69, 9.17) is 0 Å². The Hall–Kier alpha value is 0.01000. The predicted molar refractivity (Wildman–Crippen MR) is 93.8 cm³/mol. The summed E-state index contributed by atoms with van der Waals surface area (Å²) in [5.74, 6) is 0.849. The summed E-state index contributed by atoms with van der Waals surface area (Å²) >= 11 is 3.96. The molecule has 20 heavy (non-hydrogen) atoms. The lowest BCUT2D eigenvalue weighted by molar-refractivity contribution is 0.349. The van der Waals surface area contributed by atoms with E-state index in [1.165, 1.54) is 38.5 Å². The van der Waals surface area contributed by atoms with Gasteiger partial charge in [-0.05, 0) is 49.3 Å². The molecule has 0 amide bonds. The Morgan fingerprint density at radius 3 is 2.55 bits per heavy atom. The first kappa shape index (κ1) is 16.4. The van der Waals surface area contributed by atoms with Gasteiger partial charge in [0.25, 0.3) is 0 Å². The zero-order chi connectivity index (χ0) is 14.4. The molecule has 1 atom stereocenters. The molecule has 1 aliphatic rings. The van der Waals surface area contributed by atoms with Crippen molar-refractivity contribution in [1.29, 1.82) is 0 Å². The van der Waals surface area contributed by atoms with E-state index in [0.717, 1.165) is 12.5 Å². The molecule has 0 aromatic carbocycles. The molecule has 1 unspecified atom stereocenters. The van der Waals surface area contributed by atoms with Gasteiger partial charge in [0.05, 0.1) is 0 Å². The third kappa shape index (κ3) is 3.80. The average molecular weight is 312 g/mol. The monoisotopic (exact) mass is 311 g/mol. The molecule has 114 valence electrons. The minimum absolute atomic E-state index is 0.411. The lowest BCUT2D eigenvalue weighted by Crippen LogP contribution is -2.40. The highest BCUT2D eigenvalue weighted by Crippen LogP contribution is 2.38. The highest BCUT2D eigenvalue weighted by Gasteiger charge is 2.30. The summed E-state index contributed by atoms with van der Waals surface area (Å²) in [6.45, 7) is 5.80. The molecule has 1 aromatic heterocycles. The molecule has 1 aliphatic carbocycles. The topological polar surface area (TPSA) is 12.0 Å². The predicted octanol–water partition coefficient (Wildman–Crippen LogP) is 5.49. The van der Waals surface area contributed by atoms with Crippen LogP contribution in [0.2, 0.25) is 0 Å². The van der Waals surface area contributed by atoms with Gasteiger partial charge in [0.2, 0.25) is 0 Å². The minimum Gasteiger partial charge on any atom is -0.308 e. The van der Waals surface area contributed by atoms with E-state index in [0.29, 0.717) is 10.8 Å². The van der Waals surface area contributed by atoms with E-state index in [1.807, 2.05) is 23.1 Å². The van der Waals surface area contributed by atoms with Gasteiger partial charge in [0.1, 0.15) is 0 Å². The molecule has 0 radical (unpaired) electrons. The molecule has 1 nitrogen and oxygen atoms in total. The quantitative estimate of drug-likeness (QED) is 0.681. The van der Waals surface area contributed by atoms with Crippen molar-refractivity contribution in [3.05, 3.63) is 22.4 Å². The van der Waals surface area contributed by atoms with Crippen LogP contribution >= 0.6 is 23.1 Å². The molecule has 0 bridgehead atoms. The summed E-state index contributed by atoms with van der Waals surface area (Å²) in [4.78, 5) is 1.54. The first-order valence-electron chi connectivity index (χ1n) is 8.06. The van der Waals surface area contributed by atoms with Crippen molar-refractivity contribution in [2.75, 3.05) is 12.8 Å². The number of hydrogen-bond acceptors (Lipinski definition) is 3. The molecule has 1 aromatic rings. The number of rotatable bonds is 8. The third-order valence-corrected chi connectivity index (χ3v) is 7.63. The van der Waals surface area contributed by atoms with Crippen LogP contribution in [0.3, 0.4) is 0 Å². The Labute approximate surface area is 132 Å². The van der Waals surface area contributed by atoms with Crippen molar-refractivity contribution in [3.8, 4) is 0 Å². The van der Waals surface area contributed by atoms with Gasteiger partial charge >= 0.3 is 0 Å². The van der Waals surface area contributed by atoms with Gasteiger partial charge in [-0.2, -0.15) is 11.8 Å². The van der Waals surface area contributed by atoms with Crippen molar-refractivity contribution in [2.24, 2.45) is 5.92 Å². The van der Waals surface area contributed by atoms with E-state index in [9.17, 15) is 0 Å². The Morgan fingerprint density at radius 1 is 1.35 bits per heavy atom. The van der Waals surface area contributed by atoms with Gasteiger partial charge in [0.15, 0.2) is 0 Å². The fourth-order valence-corrected chi connectivity index (χ4v) is 5.11. The lowest BCUT2D eigenvalue weighted by Gasteiger charge is -2.34. The van der Waals surface area contributed by atoms with Gasteiger partial charge in [0, 0.05) is 22.2 Å². The standard InChI is InChI=1S/C17H29NS2/c1-4-17(5-2,19-3)13-18-16(14-9-6-7-10-14)15-11-8-12-20-15/h8,11-12,14,16,18H,4-7,9-10,13H2,1-3H3. The Kier molecular flexibility index (Phi) is 6.44. The first-order chi connectivity index (χ1) is 9.74. The van der Waals surface area contributed by atoms with E-state index in [1.54, 1.807) is 4.88 Å². The molecule has 0 aliphatic heterocycles. The van der Waals surface area contributed by atoms with Crippen LogP contribution in [-0.4, -0.2) is 17.5 Å². The highest BCUT2D eigenvalue weighted by molar-refractivity contribution is 8.00. The molecule has 2 rings (SSSR count). The minimum atomic E-state index is 0.411. The van der Waals surface area contributed by atoms with Gasteiger partial charge < -0.3 is 5.32 Å². The van der Waals surface area contributed by atoms with E-state index in [2.05, 4.69) is 42.9 Å². The third-order valence-electron chi connectivity index (χ3n) is 5.09. The summed E-state index contributed by atoms with van der Waals surface area (Å²) < 4.78 is 0.411. The van der Waals surface area contributed by atoms with Crippen LogP contribution in [-0.2, 0) is 0 Å².